The SMILES string of the molecule is O=C(Nc1ccc(-c2nc(-c3ccccc3)co2)cc1)c1ccc(Br)o1. The fourth-order valence-corrected chi connectivity index (χ4v) is 2.78. The number of carbonyl (C=O) groups is 1. The molecule has 4 rings (SSSR count). The Morgan fingerprint density at radius 3 is 2.38 bits per heavy atom. The van der Waals surface area contributed by atoms with E-state index < -0.39 is 0 Å². The van der Waals surface area contributed by atoms with Gasteiger partial charge in [-0.2, -0.15) is 0 Å². The van der Waals surface area contributed by atoms with Gasteiger partial charge in [0.05, 0.1) is 0 Å². The van der Waals surface area contributed by atoms with Gasteiger partial charge < -0.3 is 14.2 Å². The monoisotopic (exact) mass is 408 g/mol. The normalized spacial score (nSPS) is 10.7. The number of halogens is 1. The topological polar surface area (TPSA) is 68.3 Å². The number of oxazole rings is 1. The fourth-order valence-electron chi connectivity index (χ4n) is 2.47. The van der Waals surface area contributed by atoms with E-state index in [1.165, 1.54) is 0 Å². The lowest BCUT2D eigenvalue weighted by molar-refractivity contribution is 0.0995. The van der Waals surface area contributed by atoms with Crippen LogP contribution in [0.15, 0.2) is 86.5 Å². The lowest BCUT2D eigenvalue weighted by Gasteiger charge is -2.03. The lowest BCUT2D eigenvalue weighted by atomic mass is 10.2. The van der Waals surface area contributed by atoms with Gasteiger partial charge in [0, 0.05) is 16.8 Å². The van der Waals surface area contributed by atoms with Crippen molar-refractivity contribution in [2.75, 3.05) is 5.32 Å². The van der Waals surface area contributed by atoms with Crippen LogP contribution >= 0.6 is 15.9 Å². The van der Waals surface area contributed by atoms with Crippen LogP contribution in [-0.4, -0.2) is 10.9 Å². The minimum absolute atomic E-state index is 0.237. The summed E-state index contributed by atoms with van der Waals surface area (Å²) in [6.07, 6.45) is 1.63. The van der Waals surface area contributed by atoms with E-state index >= 15 is 0 Å². The summed E-state index contributed by atoms with van der Waals surface area (Å²) in [5.41, 5.74) is 3.25. The minimum Gasteiger partial charge on any atom is -0.444 e. The quantitative estimate of drug-likeness (QED) is 0.475. The summed E-state index contributed by atoms with van der Waals surface area (Å²) in [5.74, 6) is 0.448. The van der Waals surface area contributed by atoms with Crippen LogP contribution in [0.5, 0.6) is 0 Å². The molecule has 0 saturated heterocycles. The Morgan fingerprint density at radius 2 is 1.69 bits per heavy atom. The summed E-state index contributed by atoms with van der Waals surface area (Å²) in [4.78, 5) is 16.6. The van der Waals surface area contributed by atoms with E-state index in [2.05, 4.69) is 26.2 Å². The highest BCUT2D eigenvalue weighted by Gasteiger charge is 2.12. The first-order chi connectivity index (χ1) is 12.7. The summed E-state index contributed by atoms with van der Waals surface area (Å²) in [6, 6.07) is 20.4. The van der Waals surface area contributed by atoms with Gasteiger partial charge in [-0.3, -0.25) is 4.79 Å². The third kappa shape index (κ3) is 3.45. The van der Waals surface area contributed by atoms with Gasteiger partial charge in [0.25, 0.3) is 5.91 Å². The number of carbonyl (C=O) groups excluding carboxylic acids is 1. The highest BCUT2D eigenvalue weighted by atomic mass is 79.9. The molecule has 26 heavy (non-hydrogen) atoms. The average molecular weight is 409 g/mol. The molecule has 1 amide bonds. The van der Waals surface area contributed by atoms with Gasteiger partial charge in [0.15, 0.2) is 10.4 Å². The largest absolute Gasteiger partial charge is 0.444 e. The minimum atomic E-state index is -0.314. The molecular formula is C20H13BrN2O3. The Labute approximate surface area is 157 Å². The fraction of sp³-hybridized carbons (Fsp3) is 0. The number of anilines is 1. The smallest absolute Gasteiger partial charge is 0.291 e. The van der Waals surface area contributed by atoms with Crippen molar-refractivity contribution in [1.82, 2.24) is 4.98 Å². The number of nitrogens with one attached hydrogen (secondary N) is 1. The van der Waals surface area contributed by atoms with Crippen molar-refractivity contribution in [3.63, 3.8) is 0 Å². The molecule has 0 radical (unpaired) electrons. The first kappa shape index (κ1) is 16.4. The predicted octanol–water partition coefficient (Wildman–Crippen LogP) is 5.62. The second-order valence-corrected chi connectivity index (χ2v) is 6.32. The molecular weight excluding hydrogens is 396 g/mol. The Kier molecular flexibility index (Phi) is 4.41. The van der Waals surface area contributed by atoms with Crippen LogP contribution in [0.25, 0.3) is 22.7 Å². The number of nitrogens with zero attached hydrogens (tertiary/aromatic N) is 1. The van der Waals surface area contributed by atoms with E-state index in [0.29, 0.717) is 16.2 Å². The molecule has 128 valence electrons. The van der Waals surface area contributed by atoms with Gasteiger partial charge in [-0.1, -0.05) is 30.3 Å². The molecule has 0 aliphatic rings. The van der Waals surface area contributed by atoms with Crippen LogP contribution in [-0.2, 0) is 0 Å². The van der Waals surface area contributed by atoms with E-state index in [1.54, 1.807) is 30.5 Å². The second-order valence-electron chi connectivity index (χ2n) is 5.54. The molecule has 0 saturated carbocycles. The van der Waals surface area contributed by atoms with Gasteiger partial charge in [0.2, 0.25) is 5.89 Å². The lowest BCUT2D eigenvalue weighted by Crippen LogP contribution is -2.10. The summed E-state index contributed by atoms with van der Waals surface area (Å²) < 4.78 is 11.3. The number of benzene rings is 2. The molecule has 2 aromatic carbocycles. The Balaban J connectivity index is 1.49. The van der Waals surface area contributed by atoms with E-state index in [4.69, 9.17) is 8.83 Å². The van der Waals surface area contributed by atoms with Crippen molar-refractivity contribution in [2.24, 2.45) is 0 Å². The molecule has 2 aromatic heterocycles. The van der Waals surface area contributed by atoms with Crippen molar-refractivity contribution < 1.29 is 13.6 Å². The molecule has 0 aliphatic heterocycles. The van der Waals surface area contributed by atoms with E-state index in [1.807, 2.05) is 42.5 Å². The number of furan rings is 1. The summed E-state index contributed by atoms with van der Waals surface area (Å²) >= 11 is 3.18. The highest BCUT2D eigenvalue weighted by molar-refractivity contribution is 9.10. The maximum atomic E-state index is 12.1. The van der Waals surface area contributed by atoms with E-state index in [-0.39, 0.29) is 11.7 Å². The maximum Gasteiger partial charge on any atom is 0.291 e. The van der Waals surface area contributed by atoms with Gasteiger partial charge >= 0.3 is 0 Å². The molecule has 1 N–H and O–H groups in total. The first-order valence-electron chi connectivity index (χ1n) is 7.87. The number of rotatable bonds is 4. The molecule has 0 bridgehead atoms. The van der Waals surface area contributed by atoms with Crippen LogP contribution in [0.3, 0.4) is 0 Å². The number of hydrogen-bond donors (Lipinski definition) is 1. The van der Waals surface area contributed by atoms with Crippen LogP contribution < -0.4 is 5.32 Å². The third-order valence-corrected chi connectivity index (χ3v) is 4.19. The molecule has 0 spiro atoms. The standard InChI is InChI=1S/C20H13BrN2O3/c21-18-11-10-17(26-18)19(24)22-15-8-6-14(7-9-15)20-23-16(12-25-20)13-4-2-1-3-5-13/h1-12H,(H,22,24). The average Bonchev–Trinajstić information content (AvgIpc) is 3.32. The van der Waals surface area contributed by atoms with Gasteiger partial charge in [-0.15, -0.1) is 0 Å². The Hall–Kier alpha value is -3.12. The molecule has 0 atom stereocenters. The van der Waals surface area contributed by atoms with Gasteiger partial charge in [0.1, 0.15) is 12.0 Å². The van der Waals surface area contributed by atoms with E-state index in [0.717, 1.165) is 16.8 Å². The molecule has 0 fully saturated rings. The molecule has 2 heterocycles. The maximum absolute atomic E-state index is 12.1. The summed E-state index contributed by atoms with van der Waals surface area (Å²) in [7, 11) is 0. The van der Waals surface area contributed by atoms with Crippen LogP contribution in [0.4, 0.5) is 5.69 Å². The highest BCUT2D eigenvalue weighted by Crippen LogP contribution is 2.25. The second kappa shape index (κ2) is 7.01. The molecule has 0 unspecified atom stereocenters. The van der Waals surface area contributed by atoms with Crippen LogP contribution in [0.1, 0.15) is 10.6 Å². The Morgan fingerprint density at radius 1 is 0.923 bits per heavy atom. The van der Waals surface area contributed by atoms with E-state index in [9.17, 15) is 4.79 Å². The molecule has 5 nitrogen and oxygen atoms in total. The van der Waals surface area contributed by atoms with Crippen molar-refractivity contribution in [3.8, 4) is 22.7 Å². The van der Waals surface area contributed by atoms with Crippen molar-refractivity contribution in [3.05, 3.63) is 83.4 Å². The molecule has 0 aliphatic carbocycles. The van der Waals surface area contributed by atoms with Crippen LogP contribution in [0, 0.1) is 0 Å². The zero-order valence-electron chi connectivity index (χ0n) is 13.5. The molecule has 4 aromatic rings. The van der Waals surface area contributed by atoms with Crippen molar-refractivity contribution >= 4 is 27.5 Å². The summed E-state index contributed by atoms with van der Waals surface area (Å²) in [6.45, 7) is 0. The van der Waals surface area contributed by atoms with Crippen molar-refractivity contribution in [2.45, 2.75) is 0 Å². The van der Waals surface area contributed by atoms with Gasteiger partial charge in [-0.05, 0) is 52.3 Å². The zero-order valence-corrected chi connectivity index (χ0v) is 15.1. The number of hydrogen-bond acceptors (Lipinski definition) is 4. The molecule has 6 heteroatoms. The third-order valence-electron chi connectivity index (χ3n) is 3.76. The van der Waals surface area contributed by atoms with Gasteiger partial charge in [-0.25, -0.2) is 4.98 Å². The Bertz CT molecular complexity index is 1040. The number of amides is 1. The summed E-state index contributed by atoms with van der Waals surface area (Å²) in [5, 5.41) is 2.78. The predicted molar refractivity (Wildman–Crippen MR) is 102 cm³/mol. The first-order valence-corrected chi connectivity index (χ1v) is 8.66. The van der Waals surface area contributed by atoms with Crippen LogP contribution in [0.2, 0.25) is 0 Å². The number of aromatic nitrogens is 1. The zero-order chi connectivity index (χ0) is 17.9. The van der Waals surface area contributed by atoms with Crippen molar-refractivity contribution in [1.29, 1.82) is 0 Å².